The number of hydrogen-bond donors (Lipinski definition) is 2. The Hall–Kier alpha value is -0.730. The highest BCUT2D eigenvalue weighted by Crippen LogP contribution is 2.53. The average molecular weight is 386 g/mol. The molecule has 7 heteroatoms. The van der Waals surface area contributed by atoms with E-state index in [1.165, 1.54) is 0 Å². The molecular weight excluding hydrogens is 352 g/mol. The normalized spacial score (nSPS) is 44.9. The van der Waals surface area contributed by atoms with E-state index in [9.17, 15) is 15.2 Å². The second kappa shape index (κ2) is 7.59. The van der Waals surface area contributed by atoms with Crippen molar-refractivity contribution in [1.82, 2.24) is 0 Å². The third-order valence-corrected chi connectivity index (χ3v) is 6.68. The zero-order valence-electron chi connectivity index (χ0n) is 17.0. The molecule has 0 aromatic rings. The standard InChI is InChI=1S/C20H34O7/c1-11-6-7-14-12(2)17(24-15(21)10-19(3,4)22)25-18-16(14)13(11)8-9-20(5,26-18)27-23/h11-14,16-18,22-23H,6-10H2,1-5H3/t11-,12-,13+,14+,16?,17+,18-,20-/m1/s1. The van der Waals surface area contributed by atoms with Crippen molar-refractivity contribution in [3.8, 4) is 0 Å². The van der Waals surface area contributed by atoms with Crippen molar-refractivity contribution in [3.05, 3.63) is 0 Å². The van der Waals surface area contributed by atoms with Gasteiger partial charge in [-0.15, -0.1) is 0 Å². The largest absolute Gasteiger partial charge is 0.435 e. The van der Waals surface area contributed by atoms with Crippen LogP contribution in [-0.2, 0) is 23.9 Å². The van der Waals surface area contributed by atoms with Crippen LogP contribution in [0.5, 0.6) is 0 Å². The maximum atomic E-state index is 12.2. The van der Waals surface area contributed by atoms with Gasteiger partial charge in [-0.25, -0.2) is 10.1 Å². The molecule has 7 nitrogen and oxygen atoms in total. The molecule has 0 spiro atoms. The van der Waals surface area contributed by atoms with E-state index < -0.39 is 29.9 Å². The van der Waals surface area contributed by atoms with Crippen molar-refractivity contribution in [1.29, 1.82) is 0 Å². The number of esters is 1. The van der Waals surface area contributed by atoms with Gasteiger partial charge in [-0.05, 0) is 51.4 Å². The molecule has 2 saturated heterocycles. The lowest BCUT2D eigenvalue weighted by atomic mass is 9.61. The van der Waals surface area contributed by atoms with Gasteiger partial charge >= 0.3 is 5.97 Å². The van der Waals surface area contributed by atoms with E-state index >= 15 is 0 Å². The average Bonchev–Trinajstić information content (AvgIpc) is 2.70. The van der Waals surface area contributed by atoms with Crippen LogP contribution in [0.2, 0.25) is 0 Å². The molecule has 1 unspecified atom stereocenters. The second-order valence-corrected chi connectivity index (χ2v) is 9.55. The van der Waals surface area contributed by atoms with Gasteiger partial charge in [0, 0.05) is 18.3 Å². The molecule has 2 N–H and O–H groups in total. The van der Waals surface area contributed by atoms with Crippen LogP contribution >= 0.6 is 0 Å². The first-order valence-corrected chi connectivity index (χ1v) is 10.1. The lowest BCUT2D eigenvalue weighted by Crippen LogP contribution is -2.55. The third kappa shape index (κ3) is 4.48. The Labute approximate surface area is 161 Å². The Bertz CT molecular complexity index is 545. The summed E-state index contributed by atoms with van der Waals surface area (Å²) in [6.07, 6.45) is 2.19. The summed E-state index contributed by atoms with van der Waals surface area (Å²) in [6, 6.07) is 0. The third-order valence-electron chi connectivity index (χ3n) is 6.68. The summed E-state index contributed by atoms with van der Waals surface area (Å²) in [4.78, 5) is 16.9. The van der Waals surface area contributed by atoms with Gasteiger partial charge in [-0.3, -0.25) is 4.79 Å². The summed E-state index contributed by atoms with van der Waals surface area (Å²) in [6.45, 7) is 9.17. The molecule has 1 saturated carbocycles. The monoisotopic (exact) mass is 386 g/mol. The molecule has 3 rings (SSSR count). The fourth-order valence-corrected chi connectivity index (χ4v) is 5.17. The lowest BCUT2D eigenvalue weighted by Gasteiger charge is -2.51. The summed E-state index contributed by atoms with van der Waals surface area (Å²) in [5, 5.41) is 19.2. The first-order valence-electron chi connectivity index (χ1n) is 10.1. The van der Waals surface area contributed by atoms with Gasteiger partial charge in [0.1, 0.15) is 0 Å². The van der Waals surface area contributed by atoms with Crippen LogP contribution in [0.4, 0.5) is 0 Å². The Balaban J connectivity index is 1.81. The predicted octanol–water partition coefficient (Wildman–Crippen LogP) is 3.30. The predicted molar refractivity (Wildman–Crippen MR) is 96.1 cm³/mol. The molecule has 2 heterocycles. The zero-order valence-corrected chi connectivity index (χ0v) is 17.0. The summed E-state index contributed by atoms with van der Waals surface area (Å²) < 4.78 is 17.8. The maximum Gasteiger partial charge on any atom is 0.311 e. The summed E-state index contributed by atoms with van der Waals surface area (Å²) in [7, 11) is 0. The highest BCUT2D eigenvalue weighted by molar-refractivity contribution is 5.70. The number of carbonyl (C=O) groups is 1. The molecule has 8 atom stereocenters. The summed E-state index contributed by atoms with van der Waals surface area (Å²) in [5.41, 5.74) is -1.13. The van der Waals surface area contributed by atoms with Crippen LogP contribution in [0.3, 0.4) is 0 Å². The van der Waals surface area contributed by atoms with Gasteiger partial charge in [0.25, 0.3) is 0 Å². The molecule has 0 bridgehead atoms. The quantitative estimate of drug-likeness (QED) is 0.435. The van der Waals surface area contributed by atoms with E-state index in [0.29, 0.717) is 24.2 Å². The van der Waals surface area contributed by atoms with Gasteiger partial charge in [0.2, 0.25) is 12.1 Å². The summed E-state index contributed by atoms with van der Waals surface area (Å²) in [5.74, 6) is -0.127. The Morgan fingerprint density at radius 2 is 1.93 bits per heavy atom. The van der Waals surface area contributed by atoms with Crippen LogP contribution in [0.15, 0.2) is 0 Å². The van der Waals surface area contributed by atoms with E-state index in [0.717, 1.165) is 19.3 Å². The Morgan fingerprint density at radius 3 is 2.56 bits per heavy atom. The van der Waals surface area contributed by atoms with E-state index in [2.05, 4.69) is 18.7 Å². The molecule has 3 aliphatic rings. The van der Waals surface area contributed by atoms with Crippen LogP contribution in [0.25, 0.3) is 0 Å². The first-order chi connectivity index (χ1) is 12.5. The molecule has 1 aliphatic carbocycles. The molecule has 27 heavy (non-hydrogen) atoms. The van der Waals surface area contributed by atoms with E-state index in [1.807, 2.05) is 0 Å². The van der Waals surface area contributed by atoms with Gasteiger partial charge in [0.15, 0.2) is 6.29 Å². The Morgan fingerprint density at radius 1 is 1.22 bits per heavy atom. The molecule has 0 aromatic heterocycles. The van der Waals surface area contributed by atoms with Crippen LogP contribution in [-0.4, -0.2) is 40.3 Å². The van der Waals surface area contributed by atoms with Crippen molar-refractivity contribution in [3.63, 3.8) is 0 Å². The smallest absolute Gasteiger partial charge is 0.311 e. The molecular formula is C20H34O7. The second-order valence-electron chi connectivity index (χ2n) is 9.55. The van der Waals surface area contributed by atoms with Gasteiger partial charge < -0.3 is 19.3 Å². The number of ether oxygens (including phenoxy) is 3. The van der Waals surface area contributed by atoms with E-state index in [-0.39, 0.29) is 18.3 Å². The highest BCUT2D eigenvalue weighted by atomic mass is 17.1. The lowest BCUT2D eigenvalue weighted by molar-refractivity contribution is -0.442. The zero-order chi connectivity index (χ0) is 20.0. The number of aliphatic hydroxyl groups is 1. The van der Waals surface area contributed by atoms with E-state index in [1.54, 1.807) is 20.8 Å². The fraction of sp³-hybridized carbons (Fsp3) is 0.950. The topological polar surface area (TPSA) is 94.5 Å². The molecule has 0 radical (unpaired) electrons. The number of carbonyl (C=O) groups excluding carboxylic acids is 1. The van der Waals surface area contributed by atoms with E-state index in [4.69, 9.17) is 14.2 Å². The van der Waals surface area contributed by atoms with Crippen molar-refractivity contribution >= 4 is 5.97 Å². The molecule has 0 amide bonds. The molecule has 2 aliphatic heterocycles. The summed E-state index contributed by atoms with van der Waals surface area (Å²) >= 11 is 0. The molecule has 0 aromatic carbocycles. The van der Waals surface area contributed by atoms with Crippen molar-refractivity contribution in [2.24, 2.45) is 29.6 Å². The number of rotatable bonds is 4. The van der Waals surface area contributed by atoms with Crippen LogP contribution < -0.4 is 0 Å². The first kappa shape index (κ1) is 21.0. The maximum absolute atomic E-state index is 12.2. The van der Waals surface area contributed by atoms with Gasteiger partial charge in [-0.2, -0.15) is 0 Å². The minimum Gasteiger partial charge on any atom is -0.435 e. The SMILES string of the molecule is C[C@H]1[C@@H](OC(=O)CC(C)(C)O)O[C@@H]2O[C@](C)(OO)CC[C@@H]3C2[C@H]1CC[C@H]3C. The molecule has 156 valence electrons. The van der Waals surface area contributed by atoms with Gasteiger partial charge in [0.05, 0.1) is 12.0 Å². The Kier molecular flexibility index (Phi) is 5.90. The van der Waals surface area contributed by atoms with Crippen molar-refractivity contribution < 1.29 is 34.3 Å². The fourth-order valence-electron chi connectivity index (χ4n) is 5.17. The van der Waals surface area contributed by atoms with Crippen molar-refractivity contribution in [2.75, 3.05) is 0 Å². The highest BCUT2D eigenvalue weighted by Gasteiger charge is 2.55. The van der Waals surface area contributed by atoms with Gasteiger partial charge in [-0.1, -0.05) is 20.3 Å². The minimum atomic E-state index is -1.13. The number of hydrogen-bond acceptors (Lipinski definition) is 7. The minimum absolute atomic E-state index is 0.0370. The van der Waals surface area contributed by atoms with Crippen LogP contribution in [0.1, 0.15) is 66.7 Å². The molecule has 3 fully saturated rings. The van der Waals surface area contributed by atoms with Crippen LogP contribution in [0, 0.1) is 29.6 Å². The van der Waals surface area contributed by atoms with Crippen molar-refractivity contribution in [2.45, 2.75) is 90.7 Å².